The molecule has 6 nitrogen and oxygen atoms in total. The van der Waals surface area contributed by atoms with Gasteiger partial charge in [-0.3, -0.25) is 9.78 Å². The highest BCUT2D eigenvalue weighted by Crippen LogP contribution is 2.41. The van der Waals surface area contributed by atoms with Crippen molar-refractivity contribution in [3.63, 3.8) is 0 Å². The number of H-pyrrole nitrogens is 2. The SMILES string of the molecule is CC(c1nc2nc(N)[nH]c(=O)c2[nH]1)C1CC1. The second-order valence-electron chi connectivity index (χ2n) is 4.40. The first-order valence-corrected chi connectivity index (χ1v) is 5.40. The van der Waals surface area contributed by atoms with Crippen LogP contribution in [0.4, 0.5) is 5.95 Å². The van der Waals surface area contributed by atoms with Gasteiger partial charge < -0.3 is 10.7 Å². The number of aromatic nitrogens is 4. The molecule has 0 bridgehead atoms. The van der Waals surface area contributed by atoms with Crippen LogP contribution in [0.2, 0.25) is 0 Å². The third kappa shape index (κ3) is 1.37. The number of rotatable bonds is 2. The average molecular weight is 219 g/mol. The predicted molar refractivity (Wildman–Crippen MR) is 60.1 cm³/mol. The Morgan fingerprint density at radius 1 is 1.38 bits per heavy atom. The fourth-order valence-corrected chi connectivity index (χ4v) is 1.98. The summed E-state index contributed by atoms with van der Waals surface area (Å²) in [5, 5.41) is 0. The number of nitrogen functional groups attached to an aromatic ring is 1. The normalized spacial score (nSPS) is 17.8. The van der Waals surface area contributed by atoms with E-state index in [9.17, 15) is 4.79 Å². The molecule has 2 heterocycles. The zero-order valence-corrected chi connectivity index (χ0v) is 8.95. The van der Waals surface area contributed by atoms with Gasteiger partial charge in [0.15, 0.2) is 11.2 Å². The van der Waals surface area contributed by atoms with Crippen LogP contribution < -0.4 is 11.3 Å². The van der Waals surface area contributed by atoms with Crippen LogP contribution in [0.3, 0.4) is 0 Å². The molecule has 1 aliphatic rings. The van der Waals surface area contributed by atoms with Crippen LogP contribution in [-0.4, -0.2) is 19.9 Å². The van der Waals surface area contributed by atoms with Crippen molar-refractivity contribution in [2.24, 2.45) is 5.92 Å². The summed E-state index contributed by atoms with van der Waals surface area (Å²) in [6.45, 7) is 2.12. The molecular weight excluding hydrogens is 206 g/mol. The third-order valence-electron chi connectivity index (χ3n) is 3.16. The van der Waals surface area contributed by atoms with E-state index in [1.54, 1.807) is 0 Å². The lowest BCUT2D eigenvalue weighted by Gasteiger charge is -2.03. The second kappa shape index (κ2) is 3.07. The minimum Gasteiger partial charge on any atom is -0.369 e. The lowest BCUT2D eigenvalue weighted by molar-refractivity contribution is 0.630. The van der Waals surface area contributed by atoms with Gasteiger partial charge in [0.25, 0.3) is 5.56 Å². The molecule has 2 aromatic heterocycles. The lowest BCUT2D eigenvalue weighted by atomic mass is 10.1. The molecular formula is C10H13N5O. The lowest BCUT2D eigenvalue weighted by Crippen LogP contribution is -2.10. The number of fused-ring (bicyclic) bond motifs is 1. The van der Waals surface area contributed by atoms with Gasteiger partial charge in [0, 0.05) is 5.92 Å². The van der Waals surface area contributed by atoms with E-state index in [0.717, 1.165) is 5.82 Å². The zero-order chi connectivity index (χ0) is 11.3. The number of nitrogens with one attached hydrogen (secondary N) is 2. The molecule has 6 heteroatoms. The maximum absolute atomic E-state index is 11.6. The van der Waals surface area contributed by atoms with Crippen LogP contribution in [-0.2, 0) is 0 Å². The van der Waals surface area contributed by atoms with Gasteiger partial charge in [0.2, 0.25) is 5.95 Å². The van der Waals surface area contributed by atoms with Gasteiger partial charge in [-0.1, -0.05) is 6.92 Å². The van der Waals surface area contributed by atoms with Crippen molar-refractivity contribution in [3.8, 4) is 0 Å². The molecule has 4 N–H and O–H groups in total. The maximum atomic E-state index is 11.6. The fraction of sp³-hybridized carbons (Fsp3) is 0.500. The molecule has 0 spiro atoms. The van der Waals surface area contributed by atoms with Crippen molar-refractivity contribution >= 4 is 17.1 Å². The van der Waals surface area contributed by atoms with Gasteiger partial charge in [-0.05, 0) is 18.8 Å². The summed E-state index contributed by atoms with van der Waals surface area (Å²) < 4.78 is 0. The molecule has 2 aromatic rings. The van der Waals surface area contributed by atoms with Crippen molar-refractivity contribution < 1.29 is 0 Å². The fourth-order valence-electron chi connectivity index (χ4n) is 1.98. The zero-order valence-electron chi connectivity index (χ0n) is 8.95. The Bertz CT molecular complexity index is 595. The van der Waals surface area contributed by atoms with Crippen molar-refractivity contribution in [1.82, 2.24) is 19.9 Å². The molecule has 0 aliphatic heterocycles. The minimum absolute atomic E-state index is 0.106. The Kier molecular flexibility index (Phi) is 1.80. The van der Waals surface area contributed by atoms with Gasteiger partial charge in [-0.25, -0.2) is 4.98 Å². The average Bonchev–Trinajstić information content (AvgIpc) is 2.97. The van der Waals surface area contributed by atoms with Crippen molar-refractivity contribution in [3.05, 3.63) is 16.2 Å². The Morgan fingerprint density at radius 2 is 2.12 bits per heavy atom. The first-order chi connectivity index (χ1) is 7.65. The highest BCUT2D eigenvalue weighted by atomic mass is 16.1. The number of aromatic amines is 2. The van der Waals surface area contributed by atoms with Gasteiger partial charge >= 0.3 is 0 Å². The summed E-state index contributed by atoms with van der Waals surface area (Å²) >= 11 is 0. The largest absolute Gasteiger partial charge is 0.369 e. The number of hydrogen-bond donors (Lipinski definition) is 3. The van der Waals surface area contributed by atoms with Crippen LogP contribution in [0.25, 0.3) is 11.2 Å². The van der Waals surface area contributed by atoms with E-state index in [0.29, 0.717) is 23.0 Å². The molecule has 1 saturated carbocycles. The summed E-state index contributed by atoms with van der Waals surface area (Å²) in [6, 6.07) is 0. The minimum atomic E-state index is -0.260. The monoisotopic (exact) mass is 219 g/mol. The quantitative estimate of drug-likeness (QED) is 0.693. The Balaban J connectivity index is 2.14. The predicted octanol–water partition coefficient (Wildman–Crippen LogP) is 0.742. The highest BCUT2D eigenvalue weighted by Gasteiger charge is 2.31. The van der Waals surface area contributed by atoms with Crippen LogP contribution in [0.15, 0.2) is 4.79 Å². The Morgan fingerprint density at radius 3 is 2.81 bits per heavy atom. The molecule has 84 valence electrons. The molecule has 3 rings (SSSR count). The van der Waals surface area contributed by atoms with Crippen molar-refractivity contribution in [2.75, 3.05) is 5.73 Å². The number of imidazole rings is 1. The van der Waals surface area contributed by atoms with E-state index >= 15 is 0 Å². The molecule has 0 saturated heterocycles. The van der Waals surface area contributed by atoms with E-state index in [2.05, 4.69) is 26.9 Å². The topological polar surface area (TPSA) is 100 Å². The third-order valence-corrected chi connectivity index (χ3v) is 3.16. The molecule has 0 radical (unpaired) electrons. The number of anilines is 1. The summed E-state index contributed by atoms with van der Waals surface area (Å²) in [4.78, 5) is 25.4. The smallest absolute Gasteiger partial charge is 0.278 e. The second-order valence-corrected chi connectivity index (χ2v) is 4.40. The van der Waals surface area contributed by atoms with E-state index in [1.165, 1.54) is 12.8 Å². The van der Waals surface area contributed by atoms with E-state index in [1.807, 2.05) is 0 Å². The van der Waals surface area contributed by atoms with E-state index < -0.39 is 0 Å². The number of nitrogens with zero attached hydrogens (tertiary/aromatic N) is 2. The summed E-state index contributed by atoms with van der Waals surface area (Å²) in [6.07, 6.45) is 2.48. The first kappa shape index (κ1) is 9.38. The Hall–Kier alpha value is -1.85. The molecule has 0 aromatic carbocycles. The Labute approximate surface area is 91.3 Å². The maximum Gasteiger partial charge on any atom is 0.278 e. The molecule has 1 aliphatic carbocycles. The molecule has 16 heavy (non-hydrogen) atoms. The number of nitrogens with two attached hydrogens (primary N) is 1. The van der Waals surface area contributed by atoms with Crippen LogP contribution in [0.5, 0.6) is 0 Å². The van der Waals surface area contributed by atoms with Gasteiger partial charge in [-0.2, -0.15) is 4.98 Å². The summed E-state index contributed by atoms with van der Waals surface area (Å²) in [5.74, 6) is 1.99. The summed E-state index contributed by atoms with van der Waals surface area (Å²) in [7, 11) is 0. The standard InChI is InChI=1S/C10H13N5O/c1-4(5-2-3-5)7-12-6-8(13-7)14-10(11)15-9(6)16/h4-5H,2-3H2,1H3,(H4,11,12,13,14,15,16). The van der Waals surface area contributed by atoms with Crippen molar-refractivity contribution in [1.29, 1.82) is 0 Å². The molecule has 0 amide bonds. The molecule has 1 atom stereocenters. The number of hydrogen-bond acceptors (Lipinski definition) is 4. The first-order valence-electron chi connectivity index (χ1n) is 5.40. The summed E-state index contributed by atoms with van der Waals surface area (Å²) in [5.41, 5.74) is 6.02. The van der Waals surface area contributed by atoms with Gasteiger partial charge in [-0.15, -0.1) is 0 Å². The van der Waals surface area contributed by atoms with E-state index in [4.69, 9.17) is 5.73 Å². The molecule has 1 unspecified atom stereocenters. The van der Waals surface area contributed by atoms with Crippen LogP contribution in [0, 0.1) is 5.92 Å². The van der Waals surface area contributed by atoms with Crippen molar-refractivity contribution in [2.45, 2.75) is 25.7 Å². The van der Waals surface area contributed by atoms with E-state index in [-0.39, 0.29) is 11.5 Å². The highest BCUT2D eigenvalue weighted by molar-refractivity contribution is 5.70. The van der Waals surface area contributed by atoms with Crippen LogP contribution in [0.1, 0.15) is 31.5 Å². The van der Waals surface area contributed by atoms with Gasteiger partial charge in [0.05, 0.1) is 0 Å². The van der Waals surface area contributed by atoms with Gasteiger partial charge in [0.1, 0.15) is 5.82 Å². The molecule has 1 fully saturated rings. The van der Waals surface area contributed by atoms with Crippen LogP contribution >= 0.6 is 0 Å².